The van der Waals surface area contributed by atoms with Crippen molar-refractivity contribution in [2.45, 2.75) is 45.6 Å². The summed E-state index contributed by atoms with van der Waals surface area (Å²) >= 11 is 0. The molecule has 1 fully saturated rings. The molecule has 1 atom stereocenters. The number of aromatic nitrogens is 6. The van der Waals surface area contributed by atoms with E-state index >= 15 is 0 Å². The van der Waals surface area contributed by atoms with Gasteiger partial charge in [-0.15, -0.1) is 10.2 Å². The van der Waals surface area contributed by atoms with Gasteiger partial charge in [0.2, 0.25) is 5.69 Å². The zero-order chi connectivity index (χ0) is 20.7. The van der Waals surface area contributed by atoms with Crippen LogP contribution in [0.15, 0.2) is 67.6 Å². The van der Waals surface area contributed by atoms with E-state index in [2.05, 4.69) is 105 Å². The van der Waals surface area contributed by atoms with Crippen molar-refractivity contribution in [3.05, 3.63) is 73.3 Å². The summed E-state index contributed by atoms with van der Waals surface area (Å²) in [5.74, 6) is 2.08. The first kappa shape index (κ1) is 18.7. The molecule has 1 aliphatic carbocycles. The Morgan fingerprint density at radius 1 is 1.03 bits per heavy atom. The van der Waals surface area contributed by atoms with Crippen LogP contribution in [0.1, 0.15) is 51.3 Å². The fraction of sp³-hybridized carbons (Fsp3) is 0.333. The van der Waals surface area contributed by atoms with Gasteiger partial charge in [0.1, 0.15) is 6.33 Å². The molecule has 4 aromatic rings. The monoisotopic (exact) mass is 399 g/mol. The summed E-state index contributed by atoms with van der Waals surface area (Å²) in [4.78, 5) is 4.55. The van der Waals surface area contributed by atoms with Crippen LogP contribution in [0.25, 0.3) is 22.8 Å². The number of benzene rings is 1. The second-order valence-corrected chi connectivity index (χ2v) is 8.54. The van der Waals surface area contributed by atoms with Crippen LogP contribution in [-0.2, 0) is 0 Å². The van der Waals surface area contributed by atoms with E-state index in [4.69, 9.17) is 0 Å². The van der Waals surface area contributed by atoms with E-state index in [1.54, 1.807) is 0 Å². The van der Waals surface area contributed by atoms with E-state index < -0.39 is 0 Å². The number of pyridine rings is 1. The molecule has 1 aromatic carbocycles. The van der Waals surface area contributed by atoms with E-state index in [1.165, 1.54) is 18.5 Å². The summed E-state index contributed by atoms with van der Waals surface area (Å²) in [5, 5.41) is 8.56. The van der Waals surface area contributed by atoms with Gasteiger partial charge < -0.3 is 9.13 Å². The Morgan fingerprint density at radius 3 is 2.57 bits per heavy atom. The average Bonchev–Trinajstić information content (AvgIpc) is 3.30. The predicted octanol–water partition coefficient (Wildman–Crippen LogP) is 4.50. The molecule has 5 rings (SSSR count). The van der Waals surface area contributed by atoms with Gasteiger partial charge >= 0.3 is 0 Å². The van der Waals surface area contributed by atoms with E-state index in [9.17, 15) is 0 Å². The molecular weight excluding hydrogens is 372 g/mol. The van der Waals surface area contributed by atoms with E-state index in [0.29, 0.717) is 17.9 Å². The lowest BCUT2D eigenvalue weighted by molar-refractivity contribution is -0.595. The Bertz CT molecular complexity index is 1150. The maximum absolute atomic E-state index is 4.55. The van der Waals surface area contributed by atoms with Gasteiger partial charge in [-0.2, -0.15) is 4.57 Å². The molecule has 3 heterocycles. The standard InChI is InChI=1S/C24H27N6/c1-17(2)18(3)30-16-26-27-24(30)20-5-4-6-22(13-20)28-11-9-21(10-12-28)29-14-23(25-15-29)19-7-8-19/h4-6,9-19H,7-8H2,1-3H3/q+1/t18-/m0/s1. The van der Waals surface area contributed by atoms with Crippen molar-refractivity contribution in [1.82, 2.24) is 24.3 Å². The Morgan fingerprint density at radius 2 is 1.83 bits per heavy atom. The molecule has 1 aliphatic rings. The molecule has 1 saturated carbocycles. The van der Waals surface area contributed by atoms with Crippen LogP contribution >= 0.6 is 0 Å². The highest BCUT2D eigenvalue weighted by atomic mass is 15.3. The van der Waals surface area contributed by atoms with Crippen LogP contribution < -0.4 is 4.57 Å². The quantitative estimate of drug-likeness (QED) is 0.449. The lowest BCUT2D eigenvalue weighted by Crippen LogP contribution is -2.29. The number of hydrogen-bond acceptors (Lipinski definition) is 3. The summed E-state index contributed by atoms with van der Waals surface area (Å²) in [6.07, 6.45) is 12.6. The Balaban J connectivity index is 1.42. The lowest BCUT2D eigenvalue weighted by atomic mass is 10.1. The second-order valence-electron chi connectivity index (χ2n) is 8.54. The molecule has 6 nitrogen and oxygen atoms in total. The van der Waals surface area contributed by atoms with E-state index in [-0.39, 0.29) is 0 Å². The Kier molecular flexibility index (Phi) is 4.69. The van der Waals surface area contributed by atoms with Gasteiger partial charge in [-0.1, -0.05) is 26.0 Å². The fourth-order valence-corrected chi connectivity index (χ4v) is 3.71. The molecule has 0 radical (unpaired) electrons. The van der Waals surface area contributed by atoms with Gasteiger partial charge in [0.15, 0.2) is 18.2 Å². The molecule has 152 valence electrons. The highest BCUT2D eigenvalue weighted by Gasteiger charge is 2.26. The fourth-order valence-electron chi connectivity index (χ4n) is 3.71. The van der Waals surface area contributed by atoms with Crippen molar-refractivity contribution < 1.29 is 4.57 Å². The topological polar surface area (TPSA) is 52.4 Å². The van der Waals surface area contributed by atoms with Gasteiger partial charge in [-0.25, -0.2) is 4.98 Å². The molecular formula is C24H27N6+. The first-order valence-corrected chi connectivity index (χ1v) is 10.7. The molecule has 0 unspecified atom stereocenters. The summed E-state index contributed by atoms with van der Waals surface area (Å²) in [5.41, 5.74) is 4.49. The van der Waals surface area contributed by atoms with Gasteiger partial charge in [0.25, 0.3) is 0 Å². The van der Waals surface area contributed by atoms with Crippen LogP contribution in [-0.4, -0.2) is 24.3 Å². The number of imidazole rings is 1. The molecule has 0 amide bonds. The van der Waals surface area contributed by atoms with Gasteiger partial charge in [-0.05, 0) is 25.7 Å². The van der Waals surface area contributed by atoms with Crippen molar-refractivity contribution in [2.75, 3.05) is 0 Å². The van der Waals surface area contributed by atoms with E-state index in [0.717, 1.165) is 22.8 Å². The third kappa shape index (κ3) is 3.54. The molecule has 0 aliphatic heterocycles. The summed E-state index contributed by atoms with van der Waals surface area (Å²) in [6, 6.07) is 13.0. The lowest BCUT2D eigenvalue weighted by Gasteiger charge is -2.18. The highest BCUT2D eigenvalue weighted by molar-refractivity contribution is 5.57. The minimum Gasteiger partial charge on any atom is -0.311 e. The highest BCUT2D eigenvalue weighted by Crippen LogP contribution is 2.39. The first-order chi connectivity index (χ1) is 14.6. The van der Waals surface area contributed by atoms with Crippen molar-refractivity contribution in [3.8, 4) is 22.8 Å². The van der Waals surface area contributed by atoms with Crippen LogP contribution in [0, 0.1) is 5.92 Å². The second kappa shape index (κ2) is 7.52. The molecule has 30 heavy (non-hydrogen) atoms. The third-order valence-electron chi connectivity index (χ3n) is 6.09. The maximum Gasteiger partial charge on any atom is 0.211 e. The SMILES string of the molecule is CC(C)[C@H](C)n1cnnc1-c1cccc(-[n+]2ccc(-n3cnc(C4CC4)c3)cc2)c1. The van der Waals surface area contributed by atoms with Gasteiger partial charge in [-0.3, -0.25) is 0 Å². The number of hydrogen-bond donors (Lipinski definition) is 0. The van der Waals surface area contributed by atoms with Gasteiger partial charge in [0.05, 0.1) is 17.7 Å². The Labute approximate surface area is 176 Å². The average molecular weight is 400 g/mol. The smallest absolute Gasteiger partial charge is 0.211 e. The van der Waals surface area contributed by atoms with Crippen molar-refractivity contribution >= 4 is 0 Å². The molecule has 0 bridgehead atoms. The number of rotatable bonds is 6. The minimum absolute atomic E-state index is 0.335. The normalized spacial score (nSPS) is 14.9. The van der Waals surface area contributed by atoms with Crippen LogP contribution in [0.2, 0.25) is 0 Å². The summed E-state index contributed by atoms with van der Waals surface area (Å²) < 4.78 is 6.39. The van der Waals surface area contributed by atoms with Crippen LogP contribution in [0.5, 0.6) is 0 Å². The van der Waals surface area contributed by atoms with E-state index in [1.807, 2.05) is 12.7 Å². The van der Waals surface area contributed by atoms with Crippen LogP contribution in [0.3, 0.4) is 0 Å². The largest absolute Gasteiger partial charge is 0.311 e. The zero-order valence-corrected chi connectivity index (χ0v) is 17.7. The number of nitrogens with zero attached hydrogens (tertiary/aromatic N) is 6. The van der Waals surface area contributed by atoms with Crippen molar-refractivity contribution in [3.63, 3.8) is 0 Å². The third-order valence-corrected chi connectivity index (χ3v) is 6.09. The first-order valence-electron chi connectivity index (χ1n) is 10.7. The molecule has 0 spiro atoms. The maximum atomic E-state index is 4.55. The molecule has 3 aromatic heterocycles. The van der Waals surface area contributed by atoms with Crippen molar-refractivity contribution in [1.29, 1.82) is 0 Å². The molecule has 0 saturated heterocycles. The summed E-state index contributed by atoms with van der Waals surface area (Å²) in [6.45, 7) is 6.64. The zero-order valence-electron chi connectivity index (χ0n) is 17.7. The van der Waals surface area contributed by atoms with Crippen LogP contribution in [0.4, 0.5) is 0 Å². The Hall–Kier alpha value is -3.28. The predicted molar refractivity (Wildman–Crippen MR) is 116 cm³/mol. The summed E-state index contributed by atoms with van der Waals surface area (Å²) in [7, 11) is 0. The van der Waals surface area contributed by atoms with Crippen molar-refractivity contribution in [2.24, 2.45) is 5.92 Å². The van der Waals surface area contributed by atoms with Gasteiger partial charge in [0, 0.05) is 48.0 Å². The minimum atomic E-state index is 0.335. The molecule has 6 heteroatoms. The molecule has 0 N–H and O–H groups in total.